The Hall–Kier alpha value is -3.39. The first-order valence-electron chi connectivity index (χ1n) is 10.3. The van der Waals surface area contributed by atoms with Crippen molar-refractivity contribution in [2.45, 2.75) is 6.36 Å². The van der Waals surface area contributed by atoms with Gasteiger partial charge in [-0.1, -0.05) is 24.3 Å². The van der Waals surface area contributed by atoms with Crippen molar-refractivity contribution in [2.75, 3.05) is 38.1 Å². The molecule has 2 aromatic heterocycles. The summed E-state index contributed by atoms with van der Waals surface area (Å²) in [6, 6.07) is 14.1. The van der Waals surface area contributed by atoms with Gasteiger partial charge in [0.2, 0.25) is 0 Å². The molecule has 32 heavy (non-hydrogen) atoms. The van der Waals surface area contributed by atoms with E-state index in [1.54, 1.807) is 6.20 Å². The number of hydrogen-bond acceptors (Lipinski definition) is 5. The van der Waals surface area contributed by atoms with Gasteiger partial charge in [0.15, 0.2) is 0 Å². The number of anilines is 1. The molecule has 8 heteroatoms. The van der Waals surface area contributed by atoms with Gasteiger partial charge >= 0.3 is 6.36 Å². The molecule has 0 bridgehead atoms. The van der Waals surface area contributed by atoms with E-state index in [0.29, 0.717) is 22.2 Å². The van der Waals surface area contributed by atoms with Crippen molar-refractivity contribution in [2.24, 2.45) is 0 Å². The predicted octanol–water partition coefficient (Wildman–Crippen LogP) is 4.90. The molecule has 0 unspecified atom stereocenters. The van der Waals surface area contributed by atoms with E-state index in [9.17, 15) is 13.2 Å². The van der Waals surface area contributed by atoms with Crippen LogP contribution in [0.15, 0.2) is 54.7 Å². The van der Waals surface area contributed by atoms with Crippen LogP contribution in [0.1, 0.15) is 0 Å². The van der Waals surface area contributed by atoms with Gasteiger partial charge in [-0.25, -0.2) is 4.98 Å². The summed E-state index contributed by atoms with van der Waals surface area (Å²) >= 11 is 0. The fourth-order valence-electron chi connectivity index (χ4n) is 4.06. The van der Waals surface area contributed by atoms with Crippen LogP contribution in [-0.2, 0) is 0 Å². The van der Waals surface area contributed by atoms with E-state index in [4.69, 9.17) is 0 Å². The number of ether oxygens (including phenoxy) is 1. The van der Waals surface area contributed by atoms with Gasteiger partial charge in [0.25, 0.3) is 0 Å². The van der Waals surface area contributed by atoms with Crippen molar-refractivity contribution in [3.05, 3.63) is 60.9 Å². The topological polar surface area (TPSA) is 41.5 Å². The molecular formula is C24H20F3N4O. The highest BCUT2D eigenvalue weighted by Gasteiger charge is 2.31. The molecule has 1 radical (unpaired) electrons. The highest BCUT2D eigenvalue weighted by molar-refractivity contribution is 6.00. The van der Waals surface area contributed by atoms with Gasteiger partial charge in [-0.2, -0.15) is 0 Å². The Kier molecular flexibility index (Phi) is 5.09. The number of hydrogen-bond donors (Lipinski definition) is 0. The molecule has 0 aliphatic carbocycles. The molecule has 1 aliphatic rings. The molecule has 2 aromatic carbocycles. The Balaban J connectivity index is 1.70. The van der Waals surface area contributed by atoms with E-state index < -0.39 is 6.36 Å². The number of aromatic nitrogens is 2. The molecule has 5 rings (SSSR count). The maximum atomic E-state index is 12.9. The smallest absolute Gasteiger partial charge is 0.406 e. The number of alkyl halides is 3. The minimum absolute atomic E-state index is 0.272. The second-order valence-electron chi connectivity index (χ2n) is 7.88. The monoisotopic (exact) mass is 437 g/mol. The van der Waals surface area contributed by atoms with Crippen LogP contribution in [0.2, 0.25) is 0 Å². The molecule has 0 N–H and O–H groups in total. The summed E-state index contributed by atoms with van der Waals surface area (Å²) < 4.78 is 42.8. The molecule has 0 atom stereocenters. The summed E-state index contributed by atoms with van der Waals surface area (Å²) in [7, 11) is 2.05. The van der Waals surface area contributed by atoms with Gasteiger partial charge in [0.1, 0.15) is 11.9 Å². The molecule has 0 spiro atoms. The predicted molar refractivity (Wildman–Crippen MR) is 118 cm³/mol. The van der Waals surface area contributed by atoms with Crippen LogP contribution >= 0.6 is 0 Å². The minimum Gasteiger partial charge on any atom is -0.406 e. The average Bonchev–Trinajstić information content (AvgIpc) is 2.77. The molecular weight excluding hydrogens is 417 g/mol. The molecule has 0 amide bonds. The van der Waals surface area contributed by atoms with Crippen LogP contribution in [0, 0.1) is 6.20 Å². The van der Waals surface area contributed by atoms with Crippen LogP contribution in [0.3, 0.4) is 0 Å². The summed E-state index contributed by atoms with van der Waals surface area (Å²) in [6.07, 6.45) is 0.133. The number of rotatable bonds is 3. The molecule has 1 aliphatic heterocycles. The zero-order valence-corrected chi connectivity index (χ0v) is 17.4. The Morgan fingerprint density at radius 2 is 1.72 bits per heavy atom. The Morgan fingerprint density at radius 3 is 2.47 bits per heavy atom. The minimum atomic E-state index is -4.77. The van der Waals surface area contributed by atoms with Gasteiger partial charge in [-0.05, 0) is 36.7 Å². The molecule has 1 saturated heterocycles. The van der Waals surface area contributed by atoms with Crippen LogP contribution < -0.4 is 9.64 Å². The SMILES string of the molecule is CN1CCN(c2c(-c3cc4ccccc4cn3)[c]nc3ccc(OC(F)(F)F)cc23)CC1. The second kappa shape index (κ2) is 7.94. The van der Waals surface area contributed by atoms with Crippen molar-refractivity contribution >= 4 is 27.4 Å². The van der Waals surface area contributed by atoms with Crippen LogP contribution in [0.25, 0.3) is 32.9 Å². The quantitative estimate of drug-likeness (QED) is 0.456. The lowest BCUT2D eigenvalue weighted by Gasteiger charge is -2.35. The molecule has 0 saturated carbocycles. The fourth-order valence-corrected chi connectivity index (χ4v) is 4.06. The van der Waals surface area contributed by atoms with E-state index in [-0.39, 0.29) is 5.75 Å². The standard InChI is InChI=1S/C24H20F3N4O/c1-30-8-10-31(11-9-30)23-19-13-18(32-24(25,26)27)6-7-21(19)29-15-20(23)22-12-16-4-2-3-5-17(16)14-28-22/h2-7,12-14H,8-11H2,1H3. The molecule has 3 heterocycles. The lowest BCUT2D eigenvalue weighted by atomic mass is 10.0. The zero-order chi connectivity index (χ0) is 22.3. The number of nitrogens with zero attached hydrogens (tertiary/aromatic N) is 4. The Bertz CT molecular complexity index is 1280. The van der Waals surface area contributed by atoms with Crippen LogP contribution in [-0.4, -0.2) is 54.5 Å². The van der Waals surface area contributed by atoms with Crippen molar-refractivity contribution in [1.82, 2.24) is 14.9 Å². The van der Waals surface area contributed by atoms with E-state index in [2.05, 4.69) is 37.7 Å². The summed E-state index contributed by atoms with van der Waals surface area (Å²) in [5, 5.41) is 2.61. The molecule has 1 fully saturated rings. The lowest BCUT2D eigenvalue weighted by Crippen LogP contribution is -2.44. The van der Waals surface area contributed by atoms with Crippen LogP contribution in [0.5, 0.6) is 5.75 Å². The van der Waals surface area contributed by atoms with Crippen molar-refractivity contribution in [3.8, 4) is 17.0 Å². The van der Waals surface area contributed by atoms with E-state index in [1.807, 2.05) is 30.3 Å². The first-order chi connectivity index (χ1) is 15.4. The third kappa shape index (κ3) is 4.05. The number of piperazine rings is 1. The highest BCUT2D eigenvalue weighted by atomic mass is 19.4. The van der Waals surface area contributed by atoms with Gasteiger partial charge in [0, 0.05) is 43.1 Å². The average molecular weight is 437 g/mol. The zero-order valence-electron chi connectivity index (χ0n) is 17.4. The van der Waals surface area contributed by atoms with Gasteiger partial charge in [0.05, 0.1) is 22.5 Å². The molecule has 163 valence electrons. The molecule has 5 nitrogen and oxygen atoms in total. The first-order valence-corrected chi connectivity index (χ1v) is 10.3. The number of halogens is 3. The van der Waals surface area contributed by atoms with E-state index >= 15 is 0 Å². The number of benzene rings is 2. The fraction of sp³-hybridized carbons (Fsp3) is 0.250. The van der Waals surface area contributed by atoms with Crippen molar-refractivity contribution < 1.29 is 17.9 Å². The van der Waals surface area contributed by atoms with E-state index in [0.717, 1.165) is 42.6 Å². The highest BCUT2D eigenvalue weighted by Crippen LogP contribution is 2.38. The molecule has 4 aromatic rings. The first kappa shape index (κ1) is 20.5. The maximum absolute atomic E-state index is 12.9. The maximum Gasteiger partial charge on any atom is 0.573 e. The summed E-state index contributed by atoms with van der Waals surface area (Å²) in [5.74, 6) is -0.272. The Labute approximate surface area is 183 Å². The van der Waals surface area contributed by atoms with Crippen LogP contribution in [0.4, 0.5) is 18.9 Å². The normalized spacial score (nSPS) is 15.4. The van der Waals surface area contributed by atoms with Gasteiger partial charge < -0.3 is 14.5 Å². The summed E-state index contributed by atoms with van der Waals surface area (Å²) in [5.41, 5.74) is 2.67. The summed E-state index contributed by atoms with van der Waals surface area (Å²) in [6.45, 7) is 3.14. The van der Waals surface area contributed by atoms with Crippen molar-refractivity contribution in [3.63, 3.8) is 0 Å². The van der Waals surface area contributed by atoms with E-state index in [1.165, 1.54) is 18.2 Å². The lowest BCUT2D eigenvalue weighted by molar-refractivity contribution is -0.274. The van der Waals surface area contributed by atoms with Gasteiger partial charge in [-0.3, -0.25) is 4.98 Å². The number of fused-ring (bicyclic) bond motifs is 2. The summed E-state index contributed by atoms with van der Waals surface area (Å²) in [4.78, 5) is 13.4. The van der Waals surface area contributed by atoms with Gasteiger partial charge in [-0.15, -0.1) is 13.2 Å². The second-order valence-corrected chi connectivity index (χ2v) is 7.88. The number of likely N-dealkylation sites (N-methyl/N-ethyl adjacent to an activating group) is 1. The largest absolute Gasteiger partial charge is 0.573 e. The number of pyridine rings is 2. The Morgan fingerprint density at radius 1 is 0.969 bits per heavy atom. The third-order valence-corrected chi connectivity index (χ3v) is 5.69. The third-order valence-electron chi connectivity index (χ3n) is 5.69. The van der Waals surface area contributed by atoms with Crippen molar-refractivity contribution in [1.29, 1.82) is 0 Å².